The van der Waals surface area contributed by atoms with Gasteiger partial charge in [-0.1, -0.05) is 6.07 Å². The van der Waals surface area contributed by atoms with Crippen LogP contribution in [0, 0.1) is 23.0 Å². The summed E-state index contributed by atoms with van der Waals surface area (Å²) in [4.78, 5) is 6.81. The summed E-state index contributed by atoms with van der Waals surface area (Å²) in [6.07, 6.45) is 4.99. The van der Waals surface area contributed by atoms with Crippen molar-refractivity contribution < 1.29 is 13.3 Å². The zero-order valence-corrected chi connectivity index (χ0v) is 19.6. The normalized spacial score (nSPS) is 16.2. The lowest BCUT2D eigenvalue weighted by Gasteiger charge is -2.26. The molecule has 9 heteroatoms. The molecule has 0 N–H and O–H groups in total. The summed E-state index contributed by atoms with van der Waals surface area (Å²) in [5, 5.41) is 14.5. The minimum absolute atomic E-state index is 0.315. The van der Waals surface area contributed by atoms with Crippen LogP contribution in [0.1, 0.15) is 30.0 Å². The minimum Gasteiger partial charge on any atom is -0.349 e. The number of fused-ring (bicyclic) bond motifs is 1. The van der Waals surface area contributed by atoms with Gasteiger partial charge in [-0.2, -0.15) is 10.4 Å². The summed E-state index contributed by atoms with van der Waals surface area (Å²) in [5.41, 5.74) is 2.73. The third kappa shape index (κ3) is 3.86. The number of hydrogen-bond donors (Lipinski definition) is 0. The van der Waals surface area contributed by atoms with Gasteiger partial charge in [0.25, 0.3) is 0 Å². The molecule has 2 aromatic carbocycles. The van der Waals surface area contributed by atoms with Crippen molar-refractivity contribution in [2.45, 2.75) is 18.9 Å². The molecule has 1 atom stereocenters. The highest BCUT2D eigenvalue weighted by molar-refractivity contribution is 7.70. The van der Waals surface area contributed by atoms with Crippen LogP contribution in [-0.4, -0.2) is 34.5 Å². The third-order valence-electron chi connectivity index (χ3n) is 6.23. The first-order chi connectivity index (χ1) is 16.3. The number of nitriles is 1. The number of hydrogen-bond acceptors (Lipinski definition) is 5. The molecule has 172 valence electrons. The fourth-order valence-corrected chi connectivity index (χ4v) is 5.75. The van der Waals surface area contributed by atoms with Crippen LogP contribution >= 0.6 is 7.14 Å². The number of benzene rings is 2. The molecule has 1 fully saturated rings. The maximum absolute atomic E-state index is 14.5. The summed E-state index contributed by atoms with van der Waals surface area (Å²) in [6.45, 7) is 3.95. The first-order valence-corrected chi connectivity index (χ1v) is 13.5. The number of halogens is 2. The first kappa shape index (κ1) is 22.2. The standard InChI is InChI=1S/C25H22F2N5OP/c1-34(2,33)23-8-5-16(12-17(23)14-28)20-15-29-32-11-9-24(30-25(20)32)31-10-3-4-22(31)19-13-18(26)6-7-21(19)27/h5-9,11-13,15,22H,3-4,10H2,1-2H3/t22-/m1/s1. The summed E-state index contributed by atoms with van der Waals surface area (Å²) in [6, 6.07) is 12.4. The van der Waals surface area contributed by atoms with Gasteiger partial charge in [0.15, 0.2) is 5.65 Å². The fraction of sp³-hybridized carbons (Fsp3) is 0.240. The molecule has 1 aliphatic heterocycles. The summed E-state index contributed by atoms with van der Waals surface area (Å²) in [5.74, 6) is -0.257. The topological polar surface area (TPSA) is 74.3 Å². The van der Waals surface area contributed by atoms with Crippen LogP contribution < -0.4 is 10.2 Å². The number of aromatic nitrogens is 3. The number of rotatable bonds is 4. The van der Waals surface area contributed by atoms with E-state index in [0.29, 0.717) is 40.9 Å². The van der Waals surface area contributed by atoms with Crippen LogP contribution in [0.5, 0.6) is 0 Å². The fourth-order valence-electron chi connectivity index (χ4n) is 4.62. The van der Waals surface area contributed by atoms with E-state index in [2.05, 4.69) is 11.2 Å². The molecule has 2 aromatic heterocycles. The second-order valence-electron chi connectivity index (χ2n) is 8.82. The number of anilines is 1. The van der Waals surface area contributed by atoms with Gasteiger partial charge >= 0.3 is 0 Å². The monoisotopic (exact) mass is 477 g/mol. The molecule has 0 radical (unpaired) electrons. The van der Waals surface area contributed by atoms with Gasteiger partial charge < -0.3 is 9.46 Å². The van der Waals surface area contributed by atoms with Crippen molar-refractivity contribution in [1.82, 2.24) is 14.6 Å². The van der Waals surface area contributed by atoms with Crippen LogP contribution in [0.2, 0.25) is 0 Å². The zero-order valence-electron chi connectivity index (χ0n) is 18.7. The molecule has 0 aliphatic carbocycles. The molecular formula is C25H22F2N5OP. The van der Waals surface area contributed by atoms with Gasteiger partial charge in [-0.05, 0) is 68.1 Å². The van der Waals surface area contributed by atoms with Crippen molar-refractivity contribution in [2.24, 2.45) is 0 Å². The maximum Gasteiger partial charge on any atom is 0.165 e. The lowest BCUT2D eigenvalue weighted by atomic mass is 10.0. The maximum atomic E-state index is 14.5. The van der Waals surface area contributed by atoms with E-state index in [4.69, 9.17) is 4.98 Å². The molecule has 3 heterocycles. The molecule has 0 spiro atoms. The molecule has 0 bridgehead atoms. The van der Waals surface area contributed by atoms with E-state index >= 15 is 0 Å². The van der Waals surface area contributed by atoms with Crippen molar-refractivity contribution >= 4 is 23.9 Å². The number of nitrogens with zero attached hydrogens (tertiary/aromatic N) is 5. The van der Waals surface area contributed by atoms with Gasteiger partial charge in [-0.3, -0.25) is 0 Å². The van der Waals surface area contributed by atoms with E-state index in [0.717, 1.165) is 29.7 Å². The van der Waals surface area contributed by atoms with Gasteiger partial charge in [0, 0.05) is 29.2 Å². The Balaban J connectivity index is 1.57. The highest BCUT2D eigenvalue weighted by Crippen LogP contribution is 2.39. The lowest BCUT2D eigenvalue weighted by molar-refractivity contribution is 0.560. The van der Waals surface area contributed by atoms with Crippen molar-refractivity contribution in [3.63, 3.8) is 0 Å². The van der Waals surface area contributed by atoms with Crippen molar-refractivity contribution in [3.8, 4) is 17.2 Å². The van der Waals surface area contributed by atoms with Crippen LogP contribution in [-0.2, 0) is 4.57 Å². The highest BCUT2D eigenvalue weighted by atomic mass is 31.2. The largest absolute Gasteiger partial charge is 0.349 e. The minimum atomic E-state index is -2.61. The average Bonchev–Trinajstić information content (AvgIpc) is 3.46. The molecule has 0 saturated carbocycles. The Morgan fingerprint density at radius 1 is 1.15 bits per heavy atom. The molecule has 34 heavy (non-hydrogen) atoms. The van der Waals surface area contributed by atoms with Crippen LogP contribution in [0.25, 0.3) is 16.8 Å². The Hall–Kier alpha value is -3.56. The Labute approximate surface area is 195 Å². The second-order valence-corrected chi connectivity index (χ2v) is 12.0. The Morgan fingerprint density at radius 2 is 1.97 bits per heavy atom. The van der Waals surface area contributed by atoms with E-state index in [-0.39, 0.29) is 6.04 Å². The van der Waals surface area contributed by atoms with Gasteiger partial charge in [0.2, 0.25) is 0 Å². The average molecular weight is 477 g/mol. The van der Waals surface area contributed by atoms with Gasteiger partial charge in [-0.25, -0.2) is 18.3 Å². The molecular weight excluding hydrogens is 455 g/mol. The Bertz CT molecular complexity index is 1500. The first-order valence-electron chi connectivity index (χ1n) is 10.9. The molecule has 0 unspecified atom stereocenters. The molecule has 6 nitrogen and oxygen atoms in total. The smallest absolute Gasteiger partial charge is 0.165 e. The summed E-state index contributed by atoms with van der Waals surface area (Å²) < 4.78 is 42.6. The van der Waals surface area contributed by atoms with Crippen molar-refractivity contribution in [1.29, 1.82) is 5.26 Å². The molecule has 5 rings (SSSR count). The second kappa shape index (κ2) is 8.34. The van der Waals surface area contributed by atoms with Gasteiger partial charge in [-0.15, -0.1) is 0 Å². The Morgan fingerprint density at radius 3 is 2.74 bits per heavy atom. The van der Waals surface area contributed by atoms with Crippen molar-refractivity contribution in [3.05, 3.63) is 77.6 Å². The van der Waals surface area contributed by atoms with Crippen LogP contribution in [0.3, 0.4) is 0 Å². The Kier molecular flexibility index (Phi) is 5.45. The highest BCUT2D eigenvalue weighted by Gasteiger charge is 2.30. The predicted molar refractivity (Wildman–Crippen MR) is 128 cm³/mol. The third-order valence-corrected chi connectivity index (χ3v) is 7.78. The van der Waals surface area contributed by atoms with E-state index < -0.39 is 18.8 Å². The van der Waals surface area contributed by atoms with E-state index in [9.17, 15) is 18.6 Å². The lowest BCUT2D eigenvalue weighted by Crippen LogP contribution is -2.24. The predicted octanol–water partition coefficient (Wildman–Crippen LogP) is 5.14. The summed E-state index contributed by atoms with van der Waals surface area (Å²) in [7, 11) is -2.61. The molecule has 4 aromatic rings. The van der Waals surface area contributed by atoms with Crippen molar-refractivity contribution in [2.75, 3.05) is 24.8 Å². The van der Waals surface area contributed by atoms with Crippen LogP contribution in [0.4, 0.5) is 14.6 Å². The SMILES string of the molecule is CP(C)(=O)c1ccc(-c2cnn3ccc(N4CCC[C@@H]4c4cc(F)ccc4F)nc23)cc1C#N. The van der Waals surface area contributed by atoms with E-state index in [1.807, 2.05) is 17.0 Å². The molecule has 0 amide bonds. The quantitative estimate of drug-likeness (QED) is 0.381. The van der Waals surface area contributed by atoms with Gasteiger partial charge in [0.05, 0.1) is 23.9 Å². The molecule has 1 saturated heterocycles. The van der Waals surface area contributed by atoms with Crippen LogP contribution in [0.15, 0.2) is 54.9 Å². The summed E-state index contributed by atoms with van der Waals surface area (Å²) >= 11 is 0. The van der Waals surface area contributed by atoms with E-state index in [1.54, 1.807) is 42.4 Å². The van der Waals surface area contributed by atoms with Gasteiger partial charge in [0.1, 0.15) is 24.6 Å². The molecule has 1 aliphatic rings. The van der Waals surface area contributed by atoms with E-state index in [1.165, 1.54) is 6.07 Å². The zero-order chi connectivity index (χ0) is 24.0.